The van der Waals surface area contributed by atoms with Crippen molar-refractivity contribution in [2.75, 3.05) is 0 Å². The average Bonchev–Trinajstić information content (AvgIpc) is 3.60. The Bertz CT molecular complexity index is 2010. The molecule has 6 heteroatoms. The van der Waals surface area contributed by atoms with E-state index in [2.05, 4.69) is 82.3 Å². The summed E-state index contributed by atoms with van der Waals surface area (Å²) in [4.78, 5) is 23.3. The summed E-state index contributed by atoms with van der Waals surface area (Å²) in [6, 6.07) is 23.0. The molecule has 0 unspecified atom stereocenters. The molecule has 0 amide bonds. The van der Waals surface area contributed by atoms with Gasteiger partial charge in [-0.3, -0.25) is 14.8 Å². The van der Waals surface area contributed by atoms with Gasteiger partial charge >= 0.3 is 0 Å². The summed E-state index contributed by atoms with van der Waals surface area (Å²) in [7, 11) is 0. The van der Waals surface area contributed by atoms with Gasteiger partial charge < -0.3 is 5.11 Å². The number of benzene rings is 3. The molecule has 0 saturated carbocycles. The van der Waals surface area contributed by atoms with Gasteiger partial charge in [-0.2, -0.15) is 0 Å². The van der Waals surface area contributed by atoms with Gasteiger partial charge in [-0.15, -0.1) is 40.7 Å². The van der Waals surface area contributed by atoms with Crippen molar-refractivity contribution in [3.05, 3.63) is 95.4 Å². The van der Waals surface area contributed by atoms with Crippen LogP contribution in [0.1, 0.15) is 112 Å². The topological polar surface area (TPSA) is 63.1 Å². The maximum absolute atomic E-state index is 12.2. The molecule has 1 aliphatic carbocycles. The Morgan fingerprint density at radius 3 is 2.26 bits per heavy atom. The van der Waals surface area contributed by atoms with E-state index in [4.69, 9.17) is 9.97 Å². The van der Waals surface area contributed by atoms with Crippen molar-refractivity contribution in [3.8, 4) is 21.8 Å². The second kappa shape index (κ2) is 15.6. The predicted octanol–water partition coefficient (Wildman–Crippen LogP) is 12.5. The molecule has 0 spiro atoms. The van der Waals surface area contributed by atoms with Crippen molar-refractivity contribution in [1.29, 1.82) is 0 Å². The third-order valence-electron chi connectivity index (χ3n) is 11.2. The Balaban J connectivity index is 0.000000269. The fourth-order valence-corrected chi connectivity index (χ4v) is 8.37. The molecule has 1 N–H and O–H groups in total. The van der Waals surface area contributed by atoms with Crippen molar-refractivity contribution >= 4 is 38.1 Å². The summed E-state index contributed by atoms with van der Waals surface area (Å²) in [5, 5.41) is 12.6. The van der Waals surface area contributed by atoms with Gasteiger partial charge in [0, 0.05) is 58.2 Å². The molecule has 0 bridgehead atoms. The monoisotopic (exact) mass is 866 g/mol. The maximum atomic E-state index is 12.2. The predicted molar refractivity (Wildman–Crippen MR) is 208 cm³/mol. The molecule has 267 valence electrons. The third kappa shape index (κ3) is 7.40. The van der Waals surface area contributed by atoms with Gasteiger partial charge in [-0.25, -0.2) is 0 Å². The zero-order chi connectivity index (χ0) is 35.7. The minimum Gasteiger partial charge on any atom is -0.512 e. The molecular weight excluding hydrogens is 813 g/mol. The summed E-state index contributed by atoms with van der Waals surface area (Å²) in [6.07, 6.45) is 7.80. The van der Waals surface area contributed by atoms with Crippen LogP contribution in [0.2, 0.25) is 0 Å². The van der Waals surface area contributed by atoms with Crippen LogP contribution in [0, 0.1) is 22.8 Å². The van der Waals surface area contributed by atoms with Gasteiger partial charge in [0.2, 0.25) is 0 Å². The van der Waals surface area contributed by atoms with Crippen LogP contribution in [0.25, 0.3) is 42.8 Å². The first-order chi connectivity index (χ1) is 23.2. The largest absolute Gasteiger partial charge is 0.512 e. The first-order valence-corrected chi connectivity index (χ1v) is 18.8. The number of fused-ring (bicyclic) bond motifs is 6. The minimum atomic E-state index is -0.337. The fourth-order valence-electron chi connectivity index (χ4n) is 6.98. The van der Waals surface area contributed by atoms with Crippen LogP contribution in [0.5, 0.6) is 0 Å². The summed E-state index contributed by atoms with van der Waals surface area (Å²) in [6.45, 7) is 21.2. The van der Waals surface area contributed by atoms with E-state index in [1.807, 2.05) is 65.1 Å². The number of carbonyl (C=O) groups is 1. The number of thiophene rings is 1. The van der Waals surface area contributed by atoms with Gasteiger partial charge in [0.25, 0.3) is 0 Å². The number of rotatable bonds is 10. The van der Waals surface area contributed by atoms with Crippen molar-refractivity contribution in [3.63, 3.8) is 0 Å². The number of aromatic nitrogens is 2. The van der Waals surface area contributed by atoms with E-state index in [-0.39, 0.29) is 47.9 Å². The first kappa shape index (κ1) is 39.6. The van der Waals surface area contributed by atoms with Crippen LogP contribution in [-0.2, 0) is 36.7 Å². The second-order valence-electron chi connectivity index (χ2n) is 15.2. The van der Waals surface area contributed by atoms with E-state index in [0.717, 1.165) is 54.4 Å². The van der Waals surface area contributed by atoms with Crippen molar-refractivity contribution in [2.24, 2.45) is 16.7 Å². The molecular formula is C44H53IrN2O2S-. The number of aliphatic hydroxyl groups excluding tert-OH is 1. The Kier molecular flexibility index (Phi) is 12.4. The number of hydrogen-bond donors (Lipinski definition) is 1. The van der Waals surface area contributed by atoms with E-state index in [1.165, 1.54) is 43.3 Å². The molecule has 2 aromatic heterocycles. The van der Waals surface area contributed by atoms with E-state index < -0.39 is 0 Å². The van der Waals surface area contributed by atoms with Crippen LogP contribution in [0.4, 0.5) is 0 Å². The van der Waals surface area contributed by atoms with Crippen molar-refractivity contribution < 1.29 is 30.0 Å². The zero-order valence-corrected chi connectivity index (χ0v) is 34.7. The Morgan fingerprint density at radius 2 is 1.62 bits per heavy atom. The molecule has 1 radical (unpaired) electrons. The van der Waals surface area contributed by atoms with E-state index in [1.54, 1.807) is 0 Å². The number of hydrogen-bond acceptors (Lipinski definition) is 5. The summed E-state index contributed by atoms with van der Waals surface area (Å²) in [5.41, 5.74) is 6.64. The molecule has 4 nitrogen and oxygen atoms in total. The normalized spacial score (nSPS) is 13.9. The number of aliphatic hydroxyl groups is 1. The number of allylic oxidation sites excluding steroid dienone is 2. The fraction of sp³-hybridized carbons (Fsp3) is 0.432. The molecule has 6 rings (SSSR count). The Hall–Kier alpha value is -3.18. The minimum absolute atomic E-state index is 0. The summed E-state index contributed by atoms with van der Waals surface area (Å²) < 4.78 is 1.35. The van der Waals surface area contributed by atoms with Crippen LogP contribution in [-0.4, -0.2) is 20.9 Å². The molecule has 0 fully saturated rings. The molecule has 3 aromatic carbocycles. The maximum Gasteiger partial charge on any atom is 0.164 e. The van der Waals surface area contributed by atoms with Gasteiger partial charge in [0.15, 0.2) is 5.78 Å². The smallest absolute Gasteiger partial charge is 0.164 e. The van der Waals surface area contributed by atoms with Gasteiger partial charge in [-0.05, 0) is 78.1 Å². The van der Waals surface area contributed by atoms with Gasteiger partial charge in [0.05, 0.1) is 11.3 Å². The Morgan fingerprint density at radius 1 is 0.960 bits per heavy atom. The van der Waals surface area contributed by atoms with Crippen LogP contribution >= 0.6 is 11.3 Å². The second-order valence-corrected chi connectivity index (χ2v) is 16.2. The molecule has 50 heavy (non-hydrogen) atoms. The van der Waals surface area contributed by atoms with E-state index in [0.29, 0.717) is 5.92 Å². The van der Waals surface area contributed by atoms with Crippen LogP contribution in [0.15, 0.2) is 72.6 Å². The van der Waals surface area contributed by atoms with Gasteiger partial charge in [0.1, 0.15) is 5.76 Å². The van der Waals surface area contributed by atoms with E-state index in [9.17, 15) is 9.90 Å². The standard InChI is InChI=1S/C29H25N2S.C15H28O2.Ir/c1-17(2)14-18-12-13-23-19(15-18)16-30-28(31-23)22-10-7-9-21-25(22)29(3,4)26-20-8-5-6-11-24(20)32-27(21)26;1-7-14(5,8-2)12(16)11-13(17)15(6,9-3)10-4;/h5-9,11-13,15-17H,14H2,1-4H3;11,16H,7-10H2,1-6H3;/q-1;;/b;12-11-;. The Labute approximate surface area is 317 Å². The van der Waals surface area contributed by atoms with Crippen molar-refractivity contribution in [1.82, 2.24) is 9.97 Å². The SMILES string of the molecule is CC(C)Cc1ccc2nc(-c3[c-]ccc4c3C(C)(C)c3c-4sc4ccccc34)ncc2c1.CCC(C)(CC)C(=O)/C=C(\O)C(C)(CC)CC.[Ir]. The molecule has 0 atom stereocenters. The van der Waals surface area contributed by atoms with Crippen molar-refractivity contribution in [2.45, 2.75) is 107 Å². The average molecular weight is 866 g/mol. The molecule has 2 heterocycles. The van der Waals surface area contributed by atoms with Gasteiger partial charge in [-0.1, -0.05) is 99.1 Å². The van der Waals surface area contributed by atoms with Crippen LogP contribution < -0.4 is 0 Å². The molecule has 5 aromatic rings. The molecule has 0 saturated heterocycles. The number of ketones is 1. The molecule has 1 aliphatic rings. The summed E-state index contributed by atoms with van der Waals surface area (Å²) in [5.74, 6) is 1.68. The summed E-state index contributed by atoms with van der Waals surface area (Å²) >= 11 is 1.89. The van der Waals surface area contributed by atoms with E-state index >= 15 is 0 Å². The third-order valence-corrected chi connectivity index (χ3v) is 12.4. The number of carbonyl (C=O) groups excluding carboxylic acids is 1. The number of nitrogens with zero attached hydrogens (tertiary/aromatic N) is 2. The quantitative estimate of drug-likeness (QED) is 0.0863. The van der Waals surface area contributed by atoms with Crippen LogP contribution in [0.3, 0.4) is 0 Å². The molecule has 0 aliphatic heterocycles. The zero-order valence-electron chi connectivity index (χ0n) is 31.5. The first-order valence-electron chi connectivity index (χ1n) is 18.0.